The Morgan fingerprint density at radius 1 is 1.37 bits per heavy atom. The van der Waals surface area contributed by atoms with Crippen molar-refractivity contribution in [1.29, 1.82) is 0 Å². The van der Waals surface area contributed by atoms with E-state index in [-0.39, 0.29) is 17.7 Å². The Bertz CT molecular complexity index is 717. The molecule has 0 atom stereocenters. The predicted molar refractivity (Wildman–Crippen MR) is 71.9 cm³/mol. The second-order valence-corrected chi connectivity index (χ2v) is 4.28. The zero-order chi connectivity index (χ0) is 14.0. The van der Waals surface area contributed by atoms with Crippen LogP contribution >= 0.6 is 0 Å². The van der Waals surface area contributed by atoms with Crippen molar-refractivity contribution in [3.8, 4) is 0 Å². The number of hydrogen-bond acceptors (Lipinski definition) is 5. The van der Waals surface area contributed by atoms with Gasteiger partial charge in [0, 0.05) is 17.3 Å². The van der Waals surface area contributed by atoms with Gasteiger partial charge in [-0.2, -0.15) is 0 Å². The van der Waals surface area contributed by atoms with Crippen molar-refractivity contribution in [3.63, 3.8) is 0 Å². The van der Waals surface area contributed by atoms with Crippen LogP contribution in [0.15, 0.2) is 27.9 Å². The topological polar surface area (TPSA) is 106 Å². The summed E-state index contributed by atoms with van der Waals surface area (Å²) in [7, 11) is 0. The maximum atomic E-state index is 12.0. The smallest absolute Gasteiger partial charge is 0.268 e. The van der Waals surface area contributed by atoms with Crippen LogP contribution in [0.5, 0.6) is 0 Å². The third-order valence-electron chi connectivity index (χ3n) is 3.02. The third-order valence-corrected chi connectivity index (χ3v) is 3.02. The first-order valence-electron chi connectivity index (χ1n) is 5.75. The number of rotatable bonds is 3. The maximum absolute atomic E-state index is 12.0. The molecule has 0 fully saturated rings. The van der Waals surface area contributed by atoms with Crippen LogP contribution in [0, 0.1) is 13.8 Å². The van der Waals surface area contributed by atoms with Gasteiger partial charge >= 0.3 is 0 Å². The van der Waals surface area contributed by atoms with E-state index in [1.807, 2.05) is 0 Å². The van der Waals surface area contributed by atoms with Crippen LogP contribution in [0.3, 0.4) is 0 Å². The predicted octanol–water partition coefficient (Wildman–Crippen LogP) is -0.118. The fourth-order valence-corrected chi connectivity index (χ4v) is 1.74. The Hall–Kier alpha value is -2.41. The molecule has 19 heavy (non-hydrogen) atoms. The lowest BCUT2D eigenvalue weighted by atomic mass is 10.2. The number of hydrogen-bond donors (Lipinski definition) is 3. The van der Waals surface area contributed by atoms with Crippen molar-refractivity contribution in [2.45, 2.75) is 20.4 Å². The van der Waals surface area contributed by atoms with Gasteiger partial charge in [0.25, 0.3) is 11.1 Å². The summed E-state index contributed by atoms with van der Waals surface area (Å²) in [6.45, 7) is 3.53. The average molecular weight is 261 g/mol. The zero-order valence-electron chi connectivity index (χ0n) is 10.7. The van der Waals surface area contributed by atoms with Crippen LogP contribution in [0.1, 0.15) is 16.7 Å². The summed E-state index contributed by atoms with van der Waals surface area (Å²) in [6.07, 6.45) is 1.58. The number of H-pyrrole nitrogens is 1. The summed E-state index contributed by atoms with van der Waals surface area (Å²) in [5.41, 5.74) is 3.66. The first-order chi connectivity index (χ1) is 9.02. The highest BCUT2D eigenvalue weighted by atomic mass is 16.2. The molecular weight excluding hydrogens is 246 g/mol. The SMILES string of the molecule is Cc1c(C)c(=O)n(Cc2ccnc(NN)c2)[nH]c1=O. The zero-order valence-corrected chi connectivity index (χ0v) is 10.7. The molecule has 0 bridgehead atoms. The van der Waals surface area contributed by atoms with Crippen molar-refractivity contribution in [3.05, 3.63) is 55.7 Å². The lowest BCUT2D eigenvalue weighted by Crippen LogP contribution is -2.33. The van der Waals surface area contributed by atoms with Crippen molar-refractivity contribution >= 4 is 5.82 Å². The first-order valence-corrected chi connectivity index (χ1v) is 5.75. The molecule has 0 radical (unpaired) electrons. The Morgan fingerprint density at radius 2 is 2.11 bits per heavy atom. The minimum Gasteiger partial charge on any atom is -0.308 e. The monoisotopic (exact) mass is 261 g/mol. The average Bonchev–Trinajstić information content (AvgIpc) is 2.42. The number of nitrogen functional groups attached to an aromatic ring is 1. The van der Waals surface area contributed by atoms with Gasteiger partial charge in [-0.3, -0.25) is 14.7 Å². The summed E-state index contributed by atoms with van der Waals surface area (Å²) < 4.78 is 1.28. The lowest BCUT2D eigenvalue weighted by Gasteiger charge is -2.09. The van der Waals surface area contributed by atoms with Gasteiger partial charge in [-0.25, -0.2) is 15.5 Å². The van der Waals surface area contributed by atoms with Crippen LogP contribution in [-0.2, 0) is 6.54 Å². The second kappa shape index (κ2) is 5.07. The molecule has 0 aliphatic heterocycles. The molecule has 0 aliphatic rings. The Morgan fingerprint density at radius 3 is 2.79 bits per heavy atom. The largest absolute Gasteiger partial charge is 0.308 e. The van der Waals surface area contributed by atoms with Crippen LogP contribution < -0.4 is 22.4 Å². The van der Waals surface area contributed by atoms with E-state index in [9.17, 15) is 9.59 Å². The van der Waals surface area contributed by atoms with Gasteiger partial charge in [-0.15, -0.1) is 0 Å². The summed E-state index contributed by atoms with van der Waals surface area (Å²) in [4.78, 5) is 27.7. The van der Waals surface area contributed by atoms with Crippen molar-refractivity contribution in [2.75, 3.05) is 5.43 Å². The number of nitrogens with one attached hydrogen (secondary N) is 2. The highest BCUT2D eigenvalue weighted by Gasteiger charge is 2.07. The van der Waals surface area contributed by atoms with Gasteiger partial charge in [0.1, 0.15) is 5.82 Å². The molecule has 2 rings (SSSR count). The Kier molecular flexibility index (Phi) is 3.48. The lowest BCUT2D eigenvalue weighted by molar-refractivity contribution is 0.618. The van der Waals surface area contributed by atoms with E-state index < -0.39 is 0 Å². The van der Waals surface area contributed by atoms with Gasteiger partial charge in [-0.1, -0.05) is 0 Å². The van der Waals surface area contributed by atoms with Crippen molar-refractivity contribution in [2.24, 2.45) is 5.84 Å². The van der Waals surface area contributed by atoms with Gasteiger partial charge in [-0.05, 0) is 31.5 Å². The molecule has 2 aromatic heterocycles. The van der Waals surface area contributed by atoms with Gasteiger partial charge < -0.3 is 5.43 Å². The fraction of sp³-hybridized carbons (Fsp3) is 0.250. The molecule has 0 saturated carbocycles. The molecule has 0 aliphatic carbocycles. The summed E-state index contributed by atoms with van der Waals surface area (Å²) in [5.74, 6) is 5.77. The van der Waals surface area contributed by atoms with Crippen LogP contribution in [-0.4, -0.2) is 14.8 Å². The Labute approximate surface area is 109 Å². The molecule has 2 aromatic rings. The minimum absolute atomic E-state index is 0.212. The van der Waals surface area contributed by atoms with Gasteiger partial charge in [0.05, 0.1) is 6.54 Å². The van der Waals surface area contributed by atoms with Crippen molar-refractivity contribution in [1.82, 2.24) is 14.8 Å². The maximum Gasteiger partial charge on any atom is 0.268 e. The molecule has 0 spiro atoms. The van der Waals surface area contributed by atoms with E-state index in [1.54, 1.807) is 32.2 Å². The Balaban J connectivity index is 2.44. The number of nitrogens with two attached hydrogens (primary N) is 1. The van der Waals surface area contributed by atoms with Crippen LogP contribution in [0.4, 0.5) is 5.82 Å². The normalized spacial score (nSPS) is 10.5. The summed E-state index contributed by atoms with van der Waals surface area (Å²) in [5, 5.41) is 2.55. The third kappa shape index (κ3) is 2.55. The molecule has 7 heteroatoms. The van der Waals surface area contributed by atoms with E-state index in [1.165, 1.54) is 4.68 Å². The van der Waals surface area contributed by atoms with E-state index >= 15 is 0 Å². The van der Waals surface area contributed by atoms with Crippen LogP contribution in [0.2, 0.25) is 0 Å². The molecule has 0 amide bonds. The number of anilines is 1. The van der Waals surface area contributed by atoms with Crippen LogP contribution in [0.25, 0.3) is 0 Å². The van der Waals surface area contributed by atoms with Gasteiger partial charge in [0.15, 0.2) is 0 Å². The van der Waals surface area contributed by atoms with E-state index in [0.29, 0.717) is 16.9 Å². The molecule has 2 heterocycles. The summed E-state index contributed by atoms with van der Waals surface area (Å²) >= 11 is 0. The molecule has 4 N–H and O–H groups in total. The van der Waals surface area contributed by atoms with E-state index in [2.05, 4.69) is 15.5 Å². The number of aromatic nitrogens is 3. The highest BCUT2D eigenvalue weighted by molar-refractivity contribution is 5.36. The fourth-order valence-electron chi connectivity index (χ4n) is 1.74. The standard InChI is InChI=1S/C12H15N5O2/c1-7-8(2)12(19)17(16-11(7)18)6-9-3-4-14-10(5-9)15-13/h3-5H,6,13H2,1-2H3,(H,14,15)(H,16,18). The van der Waals surface area contributed by atoms with Gasteiger partial charge in [0.2, 0.25) is 0 Å². The molecule has 7 nitrogen and oxygen atoms in total. The first kappa shape index (κ1) is 13.0. The number of pyridine rings is 1. The highest BCUT2D eigenvalue weighted by Crippen LogP contribution is 2.06. The number of nitrogens with zero attached hydrogens (tertiary/aromatic N) is 2. The van der Waals surface area contributed by atoms with Crippen molar-refractivity contribution < 1.29 is 0 Å². The number of aromatic amines is 1. The van der Waals surface area contributed by atoms with E-state index in [4.69, 9.17) is 5.84 Å². The molecule has 0 unspecified atom stereocenters. The quantitative estimate of drug-likeness (QED) is 0.527. The second-order valence-electron chi connectivity index (χ2n) is 4.28. The number of hydrazine groups is 1. The molecular formula is C12H15N5O2. The molecule has 0 saturated heterocycles. The molecule has 0 aromatic carbocycles. The summed E-state index contributed by atoms with van der Waals surface area (Å²) in [6, 6.07) is 3.46. The van der Waals surface area contributed by atoms with E-state index in [0.717, 1.165) is 5.56 Å². The molecule has 100 valence electrons. The minimum atomic E-state index is -0.261.